The third kappa shape index (κ3) is 1.51. The molecule has 0 aromatic heterocycles. The second kappa shape index (κ2) is 3.57. The lowest BCUT2D eigenvalue weighted by atomic mass is 10.1. The Morgan fingerprint density at radius 3 is 2.93 bits per heavy atom. The van der Waals surface area contributed by atoms with Crippen molar-refractivity contribution in [2.24, 2.45) is 10.9 Å². The van der Waals surface area contributed by atoms with Crippen molar-refractivity contribution in [1.82, 2.24) is 0 Å². The summed E-state index contributed by atoms with van der Waals surface area (Å²) in [5.74, 6) is 1.34. The van der Waals surface area contributed by atoms with E-state index in [1.807, 2.05) is 24.3 Å². The van der Waals surface area contributed by atoms with Crippen LogP contribution < -0.4 is 10.5 Å². The average Bonchev–Trinajstić information content (AvgIpc) is 2.65. The quantitative estimate of drug-likeness (QED) is 0.771. The first kappa shape index (κ1) is 8.87. The molecule has 14 heavy (non-hydrogen) atoms. The highest BCUT2D eigenvalue weighted by molar-refractivity contribution is 5.81. The minimum absolute atomic E-state index is 0.105. The Hall–Kier alpha value is -1.71. The molecule has 2 N–H and O–H groups in total. The lowest BCUT2D eigenvalue weighted by molar-refractivity contribution is 0.0837. The normalized spacial score (nSPS) is 20.1. The zero-order valence-corrected chi connectivity index (χ0v) is 7.93. The van der Waals surface area contributed by atoms with Gasteiger partial charge in [0.05, 0.1) is 13.5 Å². The molecule has 0 aliphatic carbocycles. The van der Waals surface area contributed by atoms with Crippen molar-refractivity contribution < 1.29 is 9.57 Å². The van der Waals surface area contributed by atoms with Crippen LogP contribution in [0.2, 0.25) is 0 Å². The molecule has 1 aromatic carbocycles. The van der Waals surface area contributed by atoms with Crippen LogP contribution in [0.15, 0.2) is 29.4 Å². The zero-order chi connectivity index (χ0) is 9.97. The first-order valence-corrected chi connectivity index (χ1v) is 4.42. The number of hydrogen-bond donors (Lipinski definition) is 1. The van der Waals surface area contributed by atoms with Crippen molar-refractivity contribution >= 4 is 5.84 Å². The highest BCUT2D eigenvalue weighted by atomic mass is 16.6. The molecule has 74 valence electrons. The van der Waals surface area contributed by atoms with Gasteiger partial charge in [-0.25, -0.2) is 0 Å². The van der Waals surface area contributed by atoms with E-state index in [0.717, 1.165) is 11.3 Å². The van der Waals surface area contributed by atoms with Gasteiger partial charge in [-0.3, -0.25) is 0 Å². The molecular weight excluding hydrogens is 180 g/mol. The van der Waals surface area contributed by atoms with Crippen molar-refractivity contribution in [2.75, 3.05) is 7.11 Å². The minimum atomic E-state index is -0.105. The second-order valence-corrected chi connectivity index (χ2v) is 3.12. The number of hydrogen-bond acceptors (Lipinski definition) is 4. The fraction of sp³-hybridized carbons (Fsp3) is 0.300. The molecule has 2 rings (SSSR count). The summed E-state index contributed by atoms with van der Waals surface area (Å²) >= 11 is 0. The van der Waals surface area contributed by atoms with E-state index in [-0.39, 0.29) is 6.10 Å². The molecule has 0 bridgehead atoms. The summed E-state index contributed by atoms with van der Waals surface area (Å²) in [6.07, 6.45) is 0.520. The molecule has 4 nitrogen and oxygen atoms in total. The second-order valence-electron chi connectivity index (χ2n) is 3.12. The van der Waals surface area contributed by atoms with Gasteiger partial charge in [0.15, 0.2) is 6.10 Å². The molecule has 1 aliphatic heterocycles. The molecule has 0 fully saturated rings. The summed E-state index contributed by atoms with van der Waals surface area (Å²) in [4.78, 5) is 5.18. The maximum atomic E-state index is 5.54. The number of para-hydroxylation sites is 1. The standard InChI is InChI=1S/C10H12N2O2/c1-13-8-5-3-2-4-7(8)9-6-10(11)12-14-9/h2-5,9H,6H2,1H3,(H2,11,12). The van der Waals surface area contributed by atoms with Crippen molar-refractivity contribution in [3.05, 3.63) is 29.8 Å². The molecule has 1 unspecified atom stereocenters. The maximum absolute atomic E-state index is 5.54. The largest absolute Gasteiger partial charge is 0.496 e. The van der Waals surface area contributed by atoms with Crippen LogP contribution in [0.4, 0.5) is 0 Å². The predicted octanol–water partition coefficient (Wildman–Crippen LogP) is 1.43. The van der Waals surface area contributed by atoms with Gasteiger partial charge in [-0.2, -0.15) is 0 Å². The number of ether oxygens (including phenoxy) is 1. The van der Waals surface area contributed by atoms with Crippen molar-refractivity contribution in [3.63, 3.8) is 0 Å². The van der Waals surface area contributed by atoms with E-state index < -0.39 is 0 Å². The summed E-state index contributed by atoms with van der Waals surface area (Å²) in [5, 5.41) is 3.71. The van der Waals surface area contributed by atoms with Gasteiger partial charge in [0, 0.05) is 5.56 Å². The summed E-state index contributed by atoms with van der Waals surface area (Å²) in [7, 11) is 1.64. The van der Waals surface area contributed by atoms with Gasteiger partial charge in [0.25, 0.3) is 0 Å². The Bertz CT molecular complexity index is 363. The third-order valence-corrected chi connectivity index (χ3v) is 2.18. The fourth-order valence-electron chi connectivity index (χ4n) is 1.49. The number of oxime groups is 1. The smallest absolute Gasteiger partial charge is 0.163 e. The SMILES string of the molecule is COc1ccccc1C1CC(N)=NO1. The van der Waals surface area contributed by atoms with Crippen LogP contribution in [0.3, 0.4) is 0 Å². The fourth-order valence-corrected chi connectivity index (χ4v) is 1.49. The van der Waals surface area contributed by atoms with Crippen molar-refractivity contribution in [3.8, 4) is 5.75 Å². The lowest BCUT2D eigenvalue weighted by Crippen LogP contribution is -2.09. The molecule has 1 atom stereocenters. The van der Waals surface area contributed by atoms with Gasteiger partial charge in [0.1, 0.15) is 11.6 Å². The van der Waals surface area contributed by atoms with E-state index in [0.29, 0.717) is 12.3 Å². The maximum Gasteiger partial charge on any atom is 0.163 e. The van der Waals surface area contributed by atoms with Crippen LogP contribution in [0.1, 0.15) is 18.1 Å². The Labute approximate surface area is 82.3 Å². The third-order valence-electron chi connectivity index (χ3n) is 2.18. The van der Waals surface area contributed by atoms with Crippen LogP contribution in [0, 0.1) is 0 Å². The van der Waals surface area contributed by atoms with E-state index in [2.05, 4.69) is 5.16 Å². The van der Waals surface area contributed by atoms with E-state index in [9.17, 15) is 0 Å². The van der Waals surface area contributed by atoms with Crippen molar-refractivity contribution in [1.29, 1.82) is 0 Å². The Kier molecular flexibility index (Phi) is 2.26. The lowest BCUT2D eigenvalue weighted by Gasteiger charge is -2.12. The van der Waals surface area contributed by atoms with E-state index in [1.165, 1.54) is 0 Å². The number of benzene rings is 1. The van der Waals surface area contributed by atoms with E-state index >= 15 is 0 Å². The van der Waals surface area contributed by atoms with Crippen LogP contribution in [-0.4, -0.2) is 12.9 Å². The molecule has 0 saturated carbocycles. The zero-order valence-electron chi connectivity index (χ0n) is 7.93. The number of amidine groups is 1. The predicted molar refractivity (Wildman–Crippen MR) is 53.1 cm³/mol. The van der Waals surface area contributed by atoms with E-state index in [1.54, 1.807) is 7.11 Å². The monoisotopic (exact) mass is 192 g/mol. The molecule has 0 spiro atoms. The first-order chi connectivity index (χ1) is 6.81. The summed E-state index contributed by atoms with van der Waals surface area (Å²) < 4.78 is 5.22. The molecule has 1 aromatic rings. The molecule has 1 aliphatic rings. The highest BCUT2D eigenvalue weighted by Gasteiger charge is 2.23. The molecular formula is C10H12N2O2. The molecule has 0 amide bonds. The summed E-state index contributed by atoms with van der Waals surface area (Å²) in [5.41, 5.74) is 6.52. The molecule has 1 heterocycles. The Morgan fingerprint density at radius 1 is 1.50 bits per heavy atom. The number of nitrogens with zero attached hydrogens (tertiary/aromatic N) is 1. The minimum Gasteiger partial charge on any atom is -0.496 e. The van der Waals surface area contributed by atoms with Gasteiger partial charge in [-0.15, -0.1) is 0 Å². The number of rotatable bonds is 2. The Morgan fingerprint density at radius 2 is 2.29 bits per heavy atom. The van der Waals surface area contributed by atoms with E-state index in [4.69, 9.17) is 15.3 Å². The van der Waals surface area contributed by atoms with Crippen molar-refractivity contribution in [2.45, 2.75) is 12.5 Å². The molecule has 4 heteroatoms. The Balaban J connectivity index is 2.24. The number of methoxy groups -OCH3 is 1. The van der Waals surface area contributed by atoms with Gasteiger partial charge in [0.2, 0.25) is 0 Å². The van der Waals surface area contributed by atoms with Gasteiger partial charge >= 0.3 is 0 Å². The highest BCUT2D eigenvalue weighted by Crippen LogP contribution is 2.32. The van der Waals surface area contributed by atoms with Gasteiger partial charge in [-0.05, 0) is 6.07 Å². The summed E-state index contributed by atoms with van der Waals surface area (Å²) in [6, 6.07) is 7.71. The average molecular weight is 192 g/mol. The van der Waals surface area contributed by atoms with Crippen LogP contribution in [0.25, 0.3) is 0 Å². The summed E-state index contributed by atoms with van der Waals surface area (Å²) in [6.45, 7) is 0. The first-order valence-electron chi connectivity index (χ1n) is 4.42. The van der Waals surface area contributed by atoms with Crippen LogP contribution >= 0.6 is 0 Å². The van der Waals surface area contributed by atoms with Gasteiger partial charge in [-0.1, -0.05) is 23.4 Å². The van der Waals surface area contributed by atoms with Crippen LogP contribution in [-0.2, 0) is 4.84 Å². The van der Waals surface area contributed by atoms with Crippen LogP contribution in [0.5, 0.6) is 5.75 Å². The van der Waals surface area contributed by atoms with Gasteiger partial charge < -0.3 is 15.3 Å². The topological polar surface area (TPSA) is 56.8 Å². The molecule has 0 radical (unpaired) electrons. The molecule has 0 saturated heterocycles. The number of nitrogens with two attached hydrogens (primary N) is 1.